The lowest BCUT2D eigenvalue weighted by Gasteiger charge is -2.08. The quantitative estimate of drug-likeness (QED) is 0.447. The third-order valence-electron chi connectivity index (χ3n) is 3.81. The fourth-order valence-electron chi connectivity index (χ4n) is 2.72. The number of benzene rings is 2. The molecule has 0 fully saturated rings. The van der Waals surface area contributed by atoms with Gasteiger partial charge in [0.2, 0.25) is 5.91 Å². The van der Waals surface area contributed by atoms with Crippen LogP contribution in [0.1, 0.15) is 10.4 Å². The molecule has 28 heavy (non-hydrogen) atoms. The number of nitrogens with one attached hydrogen (secondary N) is 1. The Kier molecular flexibility index (Phi) is 5.74. The highest BCUT2D eigenvalue weighted by molar-refractivity contribution is 9.10. The number of hydrogen-bond acceptors (Lipinski definition) is 2. The van der Waals surface area contributed by atoms with Gasteiger partial charge in [-0.3, -0.25) is 9.59 Å². The third kappa shape index (κ3) is 4.51. The van der Waals surface area contributed by atoms with Crippen LogP contribution in [0.3, 0.4) is 0 Å². The first-order chi connectivity index (χ1) is 13.0. The molecule has 1 heterocycles. The van der Waals surface area contributed by atoms with Gasteiger partial charge in [-0.25, -0.2) is 0 Å². The van der Waals surface area contributed by atoms with Crippen LogP contribution in [0, 0.1) is 0 Å². The van der Waals surface area contributed by atoms with Gasteiger partial charge in [-0.2, -0.15) is 13.2 Å². The summed E-state index contributed by atoms with van der Waals surface area (Å²) >= 11 is 14.9. The zero-order chi connectivity index (χ0) is 20.6. The molecule has 1 amide bonds. The maximum atomic E-state index is 12.9. The van der Waals surface area contributed by atoms with Crippen molar-refractivity contribution in [2.45, 2.75) is 12.7 Å². The lowest BCUT2D eigenvalue weighted by molar-refractivity contribution is -0.116. The lowest BCUT2D eigenvalue weighted by Crippen LogP contribution is -2.22. The van der Waals surface area contributed by atoms with E-state index in [4.69, 9.17) is 23.2 Å². The van der Waals surface area contributed by atoms with Gasteiger partial charge in [0, 0.05) is 37.3 Å². The van der Waals surface area contributed by atoms with Crippen molar-refractivity contribution < 1.29 is 22.8 Å². The Morgan fingerprint density at radius 3 is 2.32 bits per heavy atom. The number of carbonyl (C=O) groups excluding carboxylic acids is 2. The van der Waals surface area contributed by atoms with Gasteiger partial charge >= 0.3 is 6.18 Å². The van der Waals surface area contributed by atoms with Crippen molar-refractivity contribution in [2.24, 2.45) is 0 Å². The van der Waals surface area contributed by atoms with Gasteiger partial charge in [0.15, 0.2) is 0 Å². The molecular weight excluding hydrogens is 484 g/mol. The number of anilines is 1. The Labute approximate surface area is 175 Å². The smallest absolute Gasteiger partial charge is 0.337 e. The van der Waals surface area contributed by atoms with Crippen molar-refractivity contribution in [1.29, 1.82) is 0 Å². The monoisotopic (exact) mass is 492 g/mol. The standard InChI is InChI=1S/C18H10BrCl2F3N2O2/c19-9-1-2-15-13(3-9)14(17(28)18(22,23)24)7-26(15)8-16(27)25-12-5-10(20)4-11(21)6-12/h1-7H,8H2,(H,25,27). The summed E-state index contributed by atoms with van der Waals surface area (Å²) in [5, 5.41) is 3.30. The molecule has 10 heteroatoms. The van der Waals surface area contributed by atoms with Crippen LogP contribution in [-0.4, -0.2) is 22.4 Å². The molecule has 0 aliphatic rings. The number of halogens is 6. The van der Waals surface area contributed by atoms with E-state index in [1.807, 2.05) is 0 Å². The first-order valence-corrected chi connectivity index (χ1v) is 9.25. The fourth-order valence-corrected chi connectivity index (χ4v) is 3.60. The molecule has 4 nitrogen and oxygen atoms in total. The molecule has 0 aliphatic heterocycles. The van der Waals surface area contributed by atoms with Gasteiger partial charge in [-0.15, -0.1) is 0 Å². The number of nitrogens with zero attached hydrogens (tertiary/aromatic N) is 1. The summed E-state index contributed by atoms with van der Waals surface area (Å²) in [4.78, 5) is 24.1. The number of fused-ring (bicyclic) bond motifs is 1. The molecule has 0 atom stereocenters. The molecular formula is C18H10BrCl2F3N2O2. The maximum Gasteiger partial charge on any atom is 0.454 e. The SMILES string of the molecule is O=C(Cn1cc(C(=O)C(F)(F)F)c2cc(Br)ccc21)Nc1cc(Cl)cc(Cl)c1. The third-order valence-corrected chi connectivity index (χ3v) is 4.74. The van der Waals surface area contributed by atoms with Gasteiger partial charge in [0.05, 0.1) is 5.56 Å². The average Bonchev–Trinajstić information content (AvgIpc) is 2.89. The molecule has 2 aromatic carbocycles. The number of ketones is 1. The van der Waals surface area contributed by atoms with Gasteiger partial charge in [0.1, 0.15) is 6.54 Å². The van der Waals surface area contributed by atoms with Crippen LogP contribution in [0.5, 0.6) is 0 Å². The molecule has 0 bridgehead atoms. The number of rotatable bonds is 4. The van der Waals surface area contributed by atoms with Gasteiger partial charge < -0.3 is 9.88 Å². The van der Waals surface area contributed by atoms with E-state index in [0.717, 1.165) is 6.20 Å². The number of Topliss-reactive ketones (excluding diaryl/α,β-unsaturated/α-hetero) is 1. The van der Waals surface area contributed by atoms with Crippen LogP contribution in [0.4, 0.5) is 18.9 Å². The molecule has 3 rings (SSSR count). The number of aromatic nitrogens is 1. The van der Waals surface area contributed by atoms with Crippen molar-refractivity contribution in [2.75, 3.05) is 5.32 Å². The Balaban J connectivity index is 1.94. The summed E-state index contributed by atoms with van der Waals surface area (Å²) in [7, 11) is 0. The molecule has 3 aromatic rings. The van der Waals surface area contributed by atoms with Gasteiger partial charge in [0.25, 0.3) is 5.78 Å². The number of hydrogen-bond donors (Lipinski definition) is 1. The molecule has 0 radical (unpaired) electrons. The predicted octanol–water partition coefficient (Wildman–Crippen LogP) is 6.09. The Morgan fingerprint density at radius 2 is 1.71 bits per heavy atom. The molecule has 0 aliphatic carbocycles. The highest BCUT2D eigenvalue weighted by Crippen LogP contribution is 2.30. The molecule has 1 N–H and O–H groups in total. The second kappa shape index (κ2) is 7.77. The van der Waals surface area contributed by atoms with Crippen molar-refractivity contribution in [3.8, 4) is 0 Å². The first kappa shape index (κ1) is 20.7. The van der Waals surface area contributed by atoms with Crippen LogP contribution in [-0.2, 0) is 11.3 Å². The number of carbonyl (C=O) groups is 2. The van der Waals surface area contributed by atoms with E-state index in [0.29, 0.717) is 25.7 Å². The first-order valence-electron chi connectivity index (χ1n) is 7.70. The van der Waals surface area contributed by atoms with Crippen LogP contribution < -0.4 is 5.32 Å². The van der Waals surface area contributed by atoms with Crippen molar-refractivity contribution in [3.63, 3.8) is 0 Å². The van der Waals surface area contributed by atoms with Crippen molar-refractivity contribution >= 4 is 67.4 Å². The highest BCUT2D eigenvalue weighted by atomic mass is 79.9. The maximum absolute atomic E-state index is 12.9. The Hall–Kier alpha value is -2.03. The predicted molar refractivity (Wildman–Crippen MR) is 105 cm³/mol. The van der Waals surface area contributed by atoms with E-state index in [1.54, 1.807) is 6.07 Å². The van der Waals surface area contributed by atoms with Gasteiger partial charge in [-0.1, -0.05) is 39.1 Å². The molecule has 0 unspecified atom stereocenters. The minimum Gasteiger partial charge on any atom is -0.337 e. The van der Waals surface area contributed by atoms with E-state index >= 15 is 0 Å². The summed E-state index contributed by atoms with van der Waals surface area (Å²) < 4.78 is 40.6. The van der Waals surface area contributed by atoms with Crippen LogP contribution in [0.2, 0.25) is 10.0 Å². The summed E-state index contributed by atoms with van der Waals surface area (Å²) in [5.74, 6) is -2.50. The van der Waals surface area contributed by atoms with Crippen LogP contribution >= 0.6 is 39.1 Å². The summed E-state index contributed by atoms with van der Waals surface area (Å²) in [6.45, 7) is -0.312. The van der Waals surface area contributed by atoms with Crippen molar-refractivity contribution in [3.05, 3.63) is 62.7 Å². The second-order valence-corrected chi connectivity index (χ2v) is 7.65. The zero-order valence-corrected chi connectivity index (χ0v) is 16.9. The minimum atomic E-state index is -5.03. The molecule has 0 spiro atoms. The van der Waals surface area contributed by atoms with Crippen molar-refractivity contribution in [1.82, 2.24) is 4.57 Å². The van der Waals surface area contributed by atoms with E-state index in [1.165, 1.54) is 34.9 Å². The number of alkyl halides is 3. The Morgan fingerprint density at radius 1 is 1.07 bits per heavy atom. The molecule has 0 saturated carbocycles. The van der Waals surface area contributed by atoms with E-state index < -0.39 is 23.4 Å². The Bertz CT molecular complexity index is 1080. The molecule has 1 aromatic heterocycles. The van der Waals surface area contributed by atoms with Crippen LogP contribution in [0.15, 0.2) is 47.1 Å². The normalized spacial score (nSPS) is 11.6. The van der Waals surface area contributed by atoms with E-state index in [-0.39, 0.29) is 11.9 Å². The fraction of sp³-hybridized carbons (Fsp3) is 0.111. The van der Waals surface area contributed by atoms with Crippen LogP contribution in [0.25, 0.3) is 10.9 Å². The largest absolute Gasteiger partial charge is 0.454 e. The highest BCUT2D eigenvalue weighted by Gasteiger charge is 2.41. The van der Waals surface area contributed by atoms with E-state index in [2.05, 4.69) is 21.2 Å². The average molecular weight is 494 g/mol. The van der Waals surface area contributed by atoms with E-state index in [9.17, 15) is 22.8 Å². The summed E-state index contributed by atoms with van der Waals surface area (Å²) in [5.41, 5.74) is 0.130. The minimum absolute atomic E-state index is 0.0929. The zero-order valence-electron chi connectivity index (χ0n) is 13.8. The summed E-state index contributed by atoms with van der Waals surface area (Å²) in [6, 6.07) is 8.99. The summed E-state index contributed by atoms with van der Waals surface area (Å²) in [6.07, 6.45) is -4.00. The topological polar surface area (TPSA) is 51.1 Å². The molecule has 0 saturated heterocycles. The molecule has 146 valence electrons. The van der Waals surface area contributed by atoms with Gasteiger partial charge in [-0.05, 0) is 36.4 Å². The number of amides is 1. The lowest BCUT2D eigenvalue weighted by atomic mass is 10.1. The second-order valence-electron chi connectivity index (χ2n) is 5.87.